The first kappa shape index (κ1) is 25.3. The first-order valence-electron chi connectivity index (χ1n) is 10.6. The van der Waals surface area contributed by atoms with Crippen molar-refractivity contribution in [3.8, 4) is 11.5 Å². The van der Waals surface area contributed by atoms with Gasteiger partial charge in [0, 0.05) is 5.92 Å². The van der Waals surface area contributed by atoms with E-state index in [1.165, 1.54) is 26.1 Å². The SMILES string of the molecule is CO\C=C(C(=O)OC)/C(C)=C\C=C\c1ccc2c(c1)OC(OCC=C(C)C)(C(C)C)CO2. The van der Waals surface area contributed by atoms with Crippen LogP contribution in [0.5, 0.6) is 11.5 Å². The van der Waals surface area contributed by atoms with Gasteiger partial charge in [0.2, 0.25) is 5.79 Å². The lowest BCUT2D eigenvalue weighted by Crippen LogP contribution is -2.51. The predicted octanol–water partition coefficient (Wildman–Crippen LogP) is 5.46. The van der Waals surface area contributed by atoms with Crippen LogP contribution in [-0.4, -0.2) is 39.2 Å². The highest BCUT2D eigenvalue weighted by Gasteiger charge is 2.42. The Morgan fingerprint density at radius 1 is 1.19 bits per heavy atom. The van der Waals surface area contributed by atoms with Gasteiger partial charge in [-0.25, -0.2) is 4.79 Å². The number of hydrogen-bond donors (Lipinski definition) is 0. The van der Waals surface area contributed by atoms with Crippen LogP contribution in [0.15, 0.2) is 59.4 Å². The van der Waals surface area contributed by atoms with Crippen LogP contribution < -0.4 is 9.47 Å². The molecule has 1 aliphatic heterocycles. The van der Waals surface area contributed by atoms with E-state index >= 15 is 0 Å². The number of fused-ring (bicyclic) bond motifs is 1. The summed E-state index contributed by atoms with van der Waals surface area (Å²) in [7, 11) is 2.83. The Balaban J connectivity index is 2.21. The maximum atomic E-state index is 11.9. The van der Waals surface area contributed by atoms with Gasteiger partial charge in [0.1, 0.15) is 0 Å². The van der Waals surface area contributed by atoms with E-state index in [2.05, 4.69) is 13.8 Å². The van der Waals surface area contributed by atoms with Crippen LogP contribution in [-0.2, 0) is 19.0 Å². The summed E-state index contributed by atoms with van der Waals surface area (Å²) in [6.07, 6.45) is 8.99. The Morgan fingerprint density at radius 2 is 1.94 bits per heavy atom. The van der Waals surface area contributed by atoms with Gasteiger partial charge >= 0.3 is 5.97 Å². The average Bonchev–Trinajstić information content (AvgIpc) is 2.76. The van der Waals surface area contributed by atoms with Crippen LogP contribution in [0.25, 0.3) is 6.08 Å². The van der Waals surface area contributed by atoms with Crippen molar-refractivity contribution in [2.45, 2.75) is 40.4 Å². The van der Waals surface area contributed by atoms with E-state index in [4.69, 9.17) is 23.7 Å². The molecule has 6 nitrogen and oxygen atoms in total. The molecule has 6 heteroatoms. The molecule has 0 amide bonds. The van der Waals surface area contributed by atoms with Gasteiger partial charge in [-0.1, -0.05) is 49.8 Å². The highest BCUT2D eigenvalue weighted by molar-refractivity contribution is 5.93. The van der Waals surface area contributed by atoms with Gasteiger partial charge in [0.05, 0.1) is 32.7 Å². The van der Waals surface area contributed by atoms with Crippen LogP contribution in [0.2, 0.25) is 0 Å². The molecule has 0 aromatic heterocycles. The Labute approximate surface area is 191 Å². The smallest absolute Gasteiger partial charge is 0.341 e. The summed E-state index contributed by atoms with van der Waals surface area (Å²) in [6, 6.07) is 5.75. The molecule has 1 heterocycles. The summed E-state index contributed by atoms with van der Waals surface area (Å²) in [5.74, 6) is 0.117. The van der Waals surface area contributed by atoms with Crippen molar-refractivity contribution in [3.63, 3.8) is 0 Å². The number of allylic oxidation sites excluding steroid dienone is 3. The molecule has 32 heavy (non-hydrogen) atoms. The van der Waals surface area contributed by atoms with E-state index in [1.54, 1.807) is 0 Å². The largest absolute Gasteiger partial charge is 0.503 e. The number of benzene rings is 1. The molecule has 1 aromatic carbocycles. The second-order valence-electron chi connectivity index (χ2n) is 8.12. The first-order valence-corrected chi connectivity index (χ1v) is 10.6. The normalized spacial score (nSPS) is 18.6. The zero-order chi connectivity index (χ0) is 23.7. The fraction of sp³-hybridized carbons (Fsp3) is 0.423. The minimum absolute atomic E-state index is 0.0929. The third-order valence-corrected chi connectivity index (χ3v) is 5.08. The first-order chi connectivity index (χ1) is 15.2. The second-order valence-corrected chi connectivity index (χ2v) is 8.12. The fourth-order valence-electron chi connectivity index (χ4n) is 3.02. The quantitative estimate of drug-likeness (QED) is 0.166. The average molecular weight is 443 g/mol. The highest BCUT2D eigenvalue weighted by Crippen LogP contribution is 2.39. The molecule has 0 spiro atoms. The molecule has 0 saturated carbocycles. The molecule has 1 atom stereocenters. The van der Waals surface area contributed by atoms with Crippen LogP contribution >= 0.6 is 0 Å². The summed E-state index contributed by atoms with van der Waals surface area (Å²) < 4.78 is 28.2. The molecule has 174 valence electrons. The van der Waals surface area contributed by atoms with Crippen molar-refractivity contribution in [3.05, 3.63) is 65.0 Å². The zero-order valence-corrected chi connectivity index (χ0v) is 20.1. The number of rotatable bonds is 9. The van der Waals surface area contributed by atoms with Gasteiger partial charge in [-0.15, -0.1) is 0 Å². The molecule has 2 rings (SSSR count). The van der Waals surface area contributed by atoms with Crippen molar-refractivity contribution in [2.75, 3.05) is 27.4 Å². The standard InChI is InChI=1S/C26H34O6/c1-18(2)13-14-31-26(19(3)4)17-30-23-12-11-21(15-24(23)32-26)10-8-9-20(5)22(16-28-6)25(27)29-7/h8-13,15-16,19H,14,17H2,1-7H3/b10-8+,20-9-,22-16+. The van der Waals surface area contributed by atoms with E-state index in [0.29, 0.717) is 30.3 Å². The molecule has 0 fully saturated rings. The molecule has 1 aromatic rings. The minimum Gasteiger partial charge on any atom is -0.503 e. The lowest BCUT2D eigenvalue weighted by molar-refractivity contribution is -0.231. The Bertz CT molecular complexity index is 918. The number of carbonyl (C=O) groups is 1. The topological polar surface area (TPSA) is 63.2 Å². The number of methoxy groups -OCH3 is 2. The van der Waals surface area contributed by atoms with Gasteiger partial charge in [0.25, 0.3) is 0 Å². The van der Waals surface area contributed by atoms with Gasteiger partial charge in [-0.2, -0.15) is 0 Å². The highest BCUT2D eigenvalue weighted by atomic mass is 16.7. The van der Waals surface area contributed by atoms with E-state index < -0.39 is 11.8 Å². The van der Waals surface area contributed by atoms with Gasteiger partial charge < -0.3 is 23.7 Å². The fourth-order valence-corrected chi connectivity index (χ4v) is 3.02. The van der Waals surface area contributed by atoms with E-state index in [9.17, 15) is 4.79 Å². The molecule has 0 N–H and O–H groups in total. The number of hydrogen-bond acceptors (Lipinski definition) is 6. The molecular weight excluding hydrogens is 408 g/mol. The zero-order valence-electron chi connectivity index (χ0n) is 20.1. The van der Waals surface area contributed by atoms with E-state index in [-0.39, 0.29) is 5.92 Å². The third kappa shape index (κ3) is 6.50. The number of ether oxygens (including phenoxy) is 5. The monoisotopic (exact) mass is 442 g/mol. The third-order valence-electron chi connectivity index (χ3n) is 5.08. The van der Waals surface area contributed by atoms with Crippen molar-refractivity contribution in [1.29, 1.82) is 0 Å². The summed E-state index contributed by atoms with van der Waals surface area (Å²) in [5, 5.41) is 0. The van der Waals surface area contributed by atoms with Gasteiger partial charge in [-0.3, -0.25) is 0 Å². The predicted molar refractivity (Wildman–Crippen MR) is 125 cm³/mol. The molecule has 0 bridgehead atoms. The van der Waals surface area contributed by atoms with Crippen LogP contribution in [0.4, 0.5) is 0 Å². The van der Waals surface area contributed by atoms with E-state index in [0.717, 1.165) is 11.1 Å². The second kappa shape index (κ2) is 11.6. The molecule has 0 aliphatic carbocycles. The van der Waals surface area contributed by atoms with Crippen LogP contribution in [0.3, 0.4) is 0 Å². The maximum Gasteiger partial charge on any atom is 0.341 e. The summed E-state index contributed by atoms with van der Waals surface area (Å²) >= 11 is 0. The van der Waals surface area contributed by atoms with Crippen LogP contribution in [0.1, 0.15) is 40.2 Å². The Hall–Kier alpha value is -2.99. The number of esters is 1. The Kier molecular flexibility index (Phi) is 9.14. The molecule has 0 saturated heterocycles. The summed E-state index contributed by atoms with van der Waals surface area (Å²) in [6.45, 7) is 10.8. The van der Waals surface area contributed by atoms with Crippen molar-refractivity contribution in [1.82, 2.24) is 0 Å². The molecule has 1 unspecified atom stereocenters. The number of carbonyl (C=O) groups excluding carboxylic acids is 1. The van der Waals surface area contributed by atoms with Crippen molar-refractivity contribution in [2.24, 2.45) is 5.92 Å². The lowest BCUT2D eigenvalue weighted by atomic mass is 10.0. The minimum atomic E-state index is -0.849. The Morgan fingerprint density at radius 3 is 2.56 bits per heavy atom. The lowest BCUT2D eigenvalue weighted by Gasteiger charge is -2.40. The van der Waals surface area contributed by atoms with Crippen molar-refractivity contribution < 1.29 is 28.5 Å². The van der Waals surface area contributed by atoms with Crippen LogP contribution in [0, 0.1) is 5.92 Å². The maximum absolute atomic E-state index is 11.9. The molecule has 1 aliphatic rings. The molecule has 0 radical (unpaired) electrons. The summed E-state index contributed by atoms with van der Waals surface area (Å²) in [5.41, 5.74) is 3.19. The van der Waals surface area contributed by atoms with Crippen molar-refractivity contribution >= 4 is 12.0 Å². The molecular formula is C26H34O6. The van der Waals surface area contributed by atoms with Gasteiger partial charge in [0.15, 0.2) is 18.1 Å². The van der Waals surface area contributed by atoms with E-state index in [1.807, 2.05) is 63.3 Å². The summed E-state index contributed by atoms with van der Waals surface area (Å²) in [4.78, 5) is 11.9. The van der Waals surface area contributed by atoms with Gasteiger partial charge in [-0.05, 0) is 44.0 Å².